The van der Waals surface area contributed by atoms with E-state index in [-0.39, 0.29) is 5.56 Å². The van der Waals surface area contributed by atoms with Gasteiger partial charge >= 0.3 is 12.1 Å². The van der Waals surface area contributed by atoms with Gasteiger partial charge < -0.3 is 9.84 Å². The normalized spacial score (nSPS) is 11.0. The molecule has 0 aromatic heterocycles. The van der Waals surface area contributed by atoms with Crippen molar-refractivity contribution in [1.82, 2.24) is 0 Å². The number of anilines is 1. The molecule has 126 valence electrons. The summed E-state index contributed by atoms with van der Waals surface area (Å²) in [7, 11) is 0. The van der Waals surface area contributed by atoms with E-state index >= 15 is 0 Å². The fraction of sp³-hybridized carbons (Fsp3) is 0.222. The van der Waals surface area contributed by atoms with Crippen LogP contribution in [0.25, 0.3) is 0 Å². The zero-order valence-corrected chi connectivity index (χ0v) is 14.5. The number of carboxylic acid groups (broad SMARTS) is 1. The molecular weight excluding hydrogens is 326 g/mol. The lowest BCUT2D eigenvalue weighted by Crippen LogP contribution is -2.27. The van der Waals surface area contributed by atoms with E-state index in [0.29, 0.717) is 10.6 Å². The number of carboxylic acids is 1. The van der Waals surface area contributed by atoms with Gasteiger partial charge in [-0.05, 0) is 51.1 Å². The predicted molar refractivity (Wildman–Crippen MR) is 93.8 cm³/mol. The fourth-order valence-electron chi connectivity index (χ4n) is 1.90. The molecule has 2 N–H and O–H groups in total. The molecule has 0 heterocycles. The number of hydrogen-bond donors (Lipinski definition) is 2. The number of hydrogen-bond acceptors (Lipinski definition) is 4. The third kappa shape index (κ3) is 5.31. The first-order valence-corrected chi connectivity index (χ1v) is 8.16. The first-order valence-electron chi connectivity index (χ1n) is 7.35. The molecule has 0 aliphatic rings. The minimum Gasteiger partial charge on any atom is -0.478 e. The van der Waals surface area contributed by atoms with Crippen LogP contribution in [0, 0.1) is 0 Å². The Morgan fingerprint density at radius 3 is 2.33 bits per heavy atom. The summed E-state index contributed by atoms with van der Waals surface area (Å²) < 4.78 is 5.17. The number of rotatable bonds is 4. The van der Waals surface area contributed by atoms with Crippen LogP contribution in [-0.4, -0.2) is 22.8 Å². The van der Waals surface area contributed by atoms with E-state index < -0.39 is 17.7 Å². The van der Waals surface area contributed by atoms with Crippen LogP contribution in [0.4, 0.5) is 10.5 Å². The maximum absolute atomic E-state index is 11.8. The number of amides is 1. The lowest BCUT2D eigenvalue weighted by molar-refractivity contribution is 0.0632. The summed E-state index contributed by atoms with van der Waals surface area (Å²) >= 11 is 1.36. The van der Waals surface area contributed by atoms with Gasteiger partial charge in [-0.15, -0.1) is 0 Å². The van der Waals surface area contributed by atoms with Gasteiger partial charge in [0, 0.05) is 15.5 Å². The van der Waals surface area contributed by atoms with Crippen molar-refractivity contribution in [3.63, 3.8) is 0 Å². The predicted octanol–water partition coefficient (Wildman–Crippen LogP) is 4.88. The first kappa shape index (κ1) is 17.9. The zero-order valence-electron chi connectivity index (χ0n) is 13.7. The van der Waals surface area contributed by atoms with Crippen molar-refractivity contribution in [2.75, 3.05) is 5.32 Å². The molecule has 2 rings (SSSR count). The van der Waals surface area contributed by atoms with Crippen LogP contribution >= 0.6 is 11.8 Å². The van der Waals surface area contributed by atoms with Crippen LogP contribution in [-0.2, 0) is 4.74 Å². The summed E-state index contributed by atoms with van der Waals surface area (Å²) in [6.45, 7) is 5.28. The molecule has 0 fully saturated rings. The second-order valence-electron chi connectivity index (χ2n) is 6.06. The van der Waals surface area contributed by atoms with Crippen LogP contribution in [0.2, 0.25) is 0 Å². The molecule has 6 heteroatoms. The van der Waals surface area contributed by atoms with Crippen molar-refractivity contribution in [3.8, 4) is 0 Å². The Labute approximate surface area is 145 Å². The highest BCUT2D eigenvalue weighted by atomic mass is 32.2. The minimum atomic E-state index is -1.05. The number of nitrogens with one attached hydrogen (secondary N) is 1. The van der Waals surface area contributed by atoms with Gasteiger partial charge in [-0.3, -0.25) is 5.32 Å². The Morgan fingerprint density at radius 1 is 1.08 bits per heavy atom. The summed E-state index contributed by atoms with van der Waals surface area (Å²) in [5.41, 5.74) is -0.125. The number of benzene rings is 2. The lowest BCUT2D eigenvalue weighted by Gasteiger charge is -2.20. The van der Waals surface area contributed by atoms with Crippen molar-refractivity contribution >= 4 is 29.5 Å². The molecule has 0 saturated carbocycles. The van der Waals surface area contributed by atoms with E-state index in [2.05, 4.69) is 5.32 Å². The number of carbonyl (C=O) groups excluding carboxylic acids is 1. The molecule has 0 atom stereocenters. The van der Waals surface area contributed by atoms with E-state index in [1.54, 1.807) is 32.9 Å². The Bertz CT molecular complexity index is 738. The molecule has 1 amide bonds. The smallest absolute Gasteiger partial charge is 0.412 e. The van der Waals surface area contributed by atoms with Crippen LogP contribution in [0.5, 0.6) is 0 Å². The Kier molecular flexibility index (Phi) is 5.51. The van der Waals surface area contributed by atoms with E-state index in [9.17, 15) is 14.7 Å². The summed E-state index contributed by atoms with van der Waals surface area (Å²) in [4.78, 5) is 24.9. The van der Waals surface area contributed by atoms with E-state index in [0.717, 1.165) is 4.90 Å². The molecule has 2 aromatic rings. The molecule has 0 aliphatic heterocycles. The molecule has 5 nitrogen and oxygen atoms in total. The Morgan fingerprint density at radius 2 is 1.75 bits per heavy atom. The standard InChI is InChI=1S/C18H19NO4S/c1-18(2,3)23-17(22)19-12-9-10-15(14(11-12)16(20)21)24-13-7-5-4-6-8-13/h4-11H,1-3H3,(H,19,22)(H,20,21). The van der Waals surface area contributed by atoms with Gasteiger partial charge in [0.05, 0.1) is 5.56 Å². The van der Waals surface area contributed by atoms with Gasteiger partial charge in [0.1, 0.15) is 5.60 Å². The topological polar surface area (TPSA) is 75.6 Å². The van der Waals surface area contributed by atoms with Gasteiger partial charge in [0.25, 0.3) is 0 Å². The molecule has 0 spiro atoms. The zero-order chi connectivity index (χ0) is 17.7. The lowest BCUT2D eigenvalue weighted by atomic mass is 10.2. The second-order valence-corrected chi connectivity index (χ2v) is 7.17. The third-order valence-electron chi connectivity index (χ3n) is 2.83. The third-order valence-corrected chi connectivity index (χ3v) is 3.91. The molecule has 24 heavy (non-hydrogen) atoms. The highest BCUT2D eigenvalue weighted by molar-refractivity contribution is 7.99. The van der Waals surface area contributed by atoms with Gasteiger partial charge in [0.2, 0.25) is 0 Å². The van der Waals surface area contributed by atoms with Crippen LogP contribution in [0.1, 0.15) is 31.1 Å². The summed E-state index contributed by atoms with van der Waals surface area (Å²) in [6, 6.07) is 14.2. The van der Waals surface area contributed by atoms with Crippen LogP contribution in [0.3, 0.4) is 0 Å². The van der Waals surface area contributed by atoms with Crippen LogP contribution < -0.4 is 5.32 Å². The van der Waals surface area contributed by atoms with E-state index in [1.807, 2.05) is 30.3 Å². The average Bonchev–Trinajstić information content (AvgIpc) is 2.47. The summed E-state index contributed by atoms with van der Waals surface area (Å²) in [6.07, 6.45) is -0.623. The summed E-state index contributed by atoms with van der Waals surface area (Å²) in [5.74, 6) is -1.05. The van der Waals surface area contributed by atoms with Gasteiger partial charge in [0.15, 0.2) is 0 Å². The van der Waals surface area contributed by atoms with Crippen molar-refractivity contribution < 1.29 is 19.4 Å². The maximum atomic E-state index is 11.8. The van der Waals surface area contributed by atoms with Gasteiger partial charge in [-0.1, -0.05) is 30.0 Å². The highest BCUT2D eigenvalue weighted by Gasteiger charge is 2.18. The Balaban J connectivity index is 2.20. The SMILES string of the molecule is CC(C)(C)OC(=O)Nc1ccc(Sc2ccccc2)c(C(=O)O)c1. The molecule has 0 saturated heterocycles. The molecule has 0 radical (unpaired) electrons. The quantitative estimate of drug-likeness (QED) is 0.826. The molecular formula is C18H19NO4S. The fourth-order valence-corrected chi connectivity index (χ4v) is 2.84. The molecule has 0 bridgehead atoms. The number of aromatic carboxylic acids is 1. The van der Waals surface area contributed by atoms with Gasteiger partial charge in [-0.2, -0.15) is 0 Å². The van der Waals surface area contributed by atoms with Crippen molar-refractivity contribution in [2.24, 2.45) is 0 Å². The van der Waals surface area contributed by atoms with E-state index in [1.165, 1.54) is 17.8 Å². The molecule has 0 unspecified atom stereocenters. The monoisotopic (exact) mass is 345 g/mol. The molecule has 0 aliphatic carbocycles. The molecule has 2 aromatic carbocycles. The summed E-state index contributed by atoms with van der Waals surface area (Å²) in [5, 5.41) is 12.0. The Hall–Kier alpha value is -2.47. The number of ether oxygens (including phenoxy) is 1. The maximum Gasteiger partial charge on any atom is 0.412 e. The number of carbonyl (C=O) groups is 2. The first-order chi connectivity index (χ1) is 11.2. The largest absolute Gasteiger partial charge is 0.478 e. The van der Waals surface area contributed by atoms with Crippen molar-refractivity contribution in [2.45, 2.75) is 36.2 Å². The van der Waals surface area contributed by atoms with Gasteiger partial charge in [-0.25, -0.2) is 9.59 Å². The van der Waals surface area contributed by atoms with Crippen LogP contribution in [0.15, 0.2) is 58.3 Å². The van der Waals surface area contributed by atoms with E-state index in [4.69, 9.17) is 4.74 Å². The average molecular weight is 345 g/mol. The van der Waals surface area contributed by atoms with Crippen molar-refractivity contribution in [1.29, 1.82) is 0 Å². The van der Waals surface area contributed by atoms with Crippen molar-refractivity contribution in [3.05, 3.63) is 54.1 Å². The highest BCUT2D eigenvalue weighted by Crippen LogP contribution is 2.32. The minimum absolute atomic E-state index is 0.123. The second kappa shape index (κ2) is 7.40.